The van der Waals surface area contributed by atoms with E-state index in [1.54, 1.807) is 20.1 Å². The van der Waals surface area contributed by atoms with E-state index in [-0.39, 0.29) is 50.2 Å². The highest BCUT2D eigenvalue weighted by molar-refractivity contribution is 7.98. The first kappa shape index (κ1) is 88.0. The molecule has 0 saturated heterocycles. The molecule has 0 aromatic heterocycles. The number of phenols is 1. The van der Waals surface area contributed by atoms with Crippen LogP contribution in [-0.2, 0) is 83.1 Å². The minimum atomic E-state index is -1.77. The van der Waals surface area contributed by atoms with Crippen molar-refractivity contribution in [2.24, 2.45) is 29.0 Å². The number of primary amides is 1. The summed E-state index contributed by atoms with van der Waals surface area (Å²) in [7, 11) is 0. The highest BCUT2D eigenvalue weighted by atomic mass is 32.2. The number of aromatic hydroxyl groups is 1. The van der Waals surface area contributed by atoms with Gasteiger partial charge in [0.1, 0.15) is 66.2 Å². The quantitative estimate of drug-likeness (QED) is 0.0164. The second-order valence-corrected chi connectivity index (χ2v) is 24.3. The van der Waals surface area contributed by atoms with Crippen molar-refractivity contribution in [3.63, 3.8) is 0 Å². The maximum absolute atomic E-state index is 14.1. The molecule has 40 nitrogen and oxygen atoms in total. The van der Waals surface area contributed by atoms with Crippen molar-refractivity contribution in [3.05, 3.63) is 29.8 Å². The molecule has 0 aliphatic heterocycles. The summed E-state index contributed by atoms with van der Waals surface area (Å²) in [5.41, 5.74) is 16.6. The van der Waals surface area contributed by atoms with Gasteiger partial charge in [0.2, 0.25) is 88.6 Å². The van der Waals surface area contributed by atoms with E-state index >= 15 is 0 Å². The van der Waals surface area contributed by atoms with E-state index in [1.807, 2.05) is 0 Å². The molecule has 1 aromatic rings. The molecule has 0 aliphatic rings. The first-order chi connectivity index (χ1) is 46.9. The predicted octanol–water partition coefficient (Wildman–Crippen LogP) is -10.3. The largest absolute Gasteiger partial charge is 0.508 e. The number of nitrogens with two attached hydrogens (primary N) is 3. The van der Waals surface area contributed by atoms with Crippen molar-refractivity contribution in [3.8, 4) is 5.75 Å². The van der Waals surface area contributed by atoms with Crippen molar-refractivity contribution in [2.45, 2.75) is 160 Å². The third-order valence-corrected chi connectivity index (χ3v) is 15.2. The number of hydrogen-bond acceptors (Lipinski definition) is 23. The van der Waals surface area contributed by atoms with Crippen LogP contribution in [0.25, 0.3) is 0 Å². The van der Waals surface area contributed by atoms with Crippen LogP contribution in [0.1, 0.15) is 86.1 Å². The minimum absolute atomic E-state index is 0.0499. The van der Waals surface area contributed by atoms with Gasteiger partial charge in [-0.3, -0.25) is 77.3 Å². The van der Waals surface area contributed by atoms with Crippen molar-refractivity contribution in [2.75, 3.05) is 57.9 Å². The van der Waals surface area contributed by atoms with Crippen molar-refractivity contribution >= 4 is 112 Å². The lowest BCUT2D eigenvalue weighted by atomic mass is 9.97. The fourth-order valence-electron chi connectivity index (χ4n) is 8.64. The average molecular weight is 1440 g/mol. The van der Waals surface area contributed by atoms with Crippen LogP contribution in [-0.4, -0.2) is 257 Å². The van der Waals surface area contributed by atoms with Crippen LogP contribution < -0.4 is 97.0 Å². The molecule has 560 valence electrons. The number of aliphatic hydroxyl groups excluding tert-OH is 3. The van der Waals surface area contributed by atoms with Gasteiger partial charge in [0.25, 0.3) is 0 Å². The highest BCUT2D eigenvalue weighted by Gasteiger charge is 2.36. The molecule has 0 saturated carbocycles. The zero-order chi connectivity index (χ0) is 76.1. The number of nitrogens with one attached hydrogen (secondary N) is 16. The van der Waals surface area contributed by atoms with Crippen LogP contribution >= 0.6 is 11.8 Å². The molecule has 100 heavy (non-hydrogen) atoms. The third kappa shape index (κ3) is 33.5. The monoisotopic (exact) mass is 1440 g/mol. The summed E-state index contributed by atoms with van der Waals surface area (Å²) in [5, 5.41) is 91.1. The number of carbonyl (C=O) groups excluding carboxylic acids is 15. The fourth-order valence-corrected chi connectivity index (χ4v) is 9.11. The second-order valence-electron chi connectivity index (χ2n) is 23.3. The Labute approximate surface area is 579 Å². The van der Waals surface area contributed by atoms with E-state index in [2.05, 4.69) is 79.8 Å². The number of phenolic OH excluding ortho intramolecular Hbond substituents is 1. The van der Waals surface area contributed by atoms with E-state index in [1.165, 1.54) is 63.7 Å². The Morgan fingerprint density at radius 1 is 0.500 bits per heavy atom. The number of guanidine groups is 1. The van der Waals surface area contributed by atoms with Gasteiger partial charge in [-0.25, -0.2) is 4.79 Å². The maximum Gasteiger partial charge on any atom is 0.328 e. The molecule has 1 aromatic carbocycles. The van der Waals surface area contributed by atoms with Crippen molar-refractivity contribution < 1.29 is 102 Å². The standard InChI is InChI=1S/C59H97N19O21S/c1-9-28(4)46(76-44(87)24-68-55(95)45(27(2)3)78-57(97)47(31(7)81)77-43(86)22-65-41(84)21-66-51(91)38(25-79)74-48(88)29(5)60)56(96)73-36(19-32-12-14-33(82)15-13-32)50(90)67-23-42(85)69-30(6)49(89)72-37(20-40(61)83)54(94)71-35(16-18-100-8)53(93)70-34(11-10-17-64-59(62)63)52(92)75-39(26-80)58(98)99/h12-15,27-31,34-39,45-47,79-82H,9-11,16-26,60H2,1-8H3,(H2,61,83)(H,65,84)(H,66,91)(H,67,90)(H,68,95)(H,69,85)(H,70,93)(H,71,94)(H,72,89)(H,73,96)(H,74,88)(H,75,92)(H,76,87)(H,77,86)(H,78,97)(H,98,99)(H4,62,63,64)/t28-,29-,30-,31+,34-,35-,36-,37-,38-,39-,45-,46-,47-/m0/s1. The molecular weight excluding hydrogens is 1340 g/mol. The number of aliphatic hydroxyl groups is 3. The Morgan fingerprint density at radius 2 is 0.960 bits per heavy atom. The molecule has 0 bridgehead atoms. The van der Waals surface area contributed by atoms with Crippen LogP contribution in [0.4, 0.5) is 0 Å². The zero-order valence-corrected chi connectivity index (χ0v) is 57.5. The number of aliphatic carboxylic acids is 1. The zero-order valence-electron chi connectivity index (χ0n) is 56.7. The topological polar surface area (TPSA) is 657 Å². The molecule has 41 heteroatoms. The molecule has 0 spiro atoms. The maximum atomic E-state index is 14.1. The molecule has 1 rings (SSSR count). The van der Waals surface area contributed by atoms with Crippen LogP contribution in [0.3, 0.4) is 0 Å². The Kier molecular flexibility index (Phi) is 40.1. The Morgan fingerprint density at radius 3 is 1.46 bits per heavy atom. The summed E-state index contributed by atoms with van der Waals surface area (Å²) in [5.74, 6) is -17.9. The van der Waals surface area contributed by atoms with Gasteiger partial charge in [0.05, 0.1) is 58.0 Å². The second kappa shape index (κ2) is 45.6. The molecular formula is C59H97N19O21S. The molecule has 13 atom stereocenters. The number of benzene rings is 1. The van der Waals surface area contributed by atoms with Gasteiger partial charge in [-0.05, 0) is 81.6 Å². The molecule has 15 amide bonds. The van der Waals surface area contributed by atoms with Gasteiger partial charge in [-0.2, -0.15) is 11.8 Å². The lowest BCUT2D eigenvalue weighted by Crippen LogP contribution is -2.60. The van der Waals surface area contributed by atoms with E-state index in [4.69, 9.17) is 22.6 Å². The normalized spacial score (nSPS) is 14.8. The van der Waals surface area contributed by atoms with Crippen LogP contribution in [0.15, 0.2) is 24.3 Å². The average Bonchev–Trinajstić information content (AvgIpc) is 0.865. The Hall–Kier alpha value is -10.00. The van der Waals surface area contributed by atoms with Gasteiger partial charge < -0.3 is 122 Å². The smallest absolute Gasteiger partial charge is 0.328 e. The number of amides is 15. The number of carboxylic acids is 1. The molecule has 0 heterocycles. The molecule has 0 unspecified atom stereocenters. The Balaban J connectivity index is 3.19. The van der Waals surface area contributed by atoms with Crippen LogP contribution in [0.2, 0.25) is 0 Å². The lowest BCUT2D eigenvalue weighted by Gasteiger charge is -2.28. The summed E-state index contributed by atoms with van der Waals surface area (Å²) in [6.07, 6.45) is -0.882. The lowest BCUT2D eigenvalue weighted by molar-refractivity contribution is -0.143. The van der Waals surface area contributed by atoms with E-state index in [0.29, 0.717) is 5.56 Å². The number of carboxylic acid groups (broad SMARTS) is 1. The van der Waals surface area contributed by atoms with E-state index in [9.17, 15) is 102 Å². The van der Waals surface area contributed by atoms with Crippen LogP contribution in [0.5, 0.6) is 5.75 Å². The molecule has 27 N–H and O–H groups in total. The first-order valence-electron chi connectivity index (χ1n) is 31.5. The SMILES string of the molecule is CC[C@H](C)[C@H](NC(=O)CNC(=O)[C@@H](NC(=O)[C@@H](NC(=O)CNC(=O)CNC(=O)[C@H](CO)NC(=O)[C@H](C)N)[C@@H](C)O)C(C)C)C(=O)N[C@@H](Cc1ccc(O)cc1)C(=O)NCC(=O)N[C@@H](C)C(=O)N[C@@H](CC(N)=O)C(=O)N[C@@H](CCSC)C(=O)N[C@@H](CCCNC(=N)N)C(=O)N[C@@H](CO)C(=O)O. The number of carbonyl (C=O) groups is 16. The van der Waals surface area contributed by atoms with Crippen LogP contribution in [0, 0.1) is 17.2 Å². The number of rotatable bonds is 46. The minimum Gasteiger partial charge on any atom is -0.508 e. The molecule has 0 aliphatic carbocycles. The van der Waals surface area contributed by atoms with Crippen molar-refractivity contribution in [1.82, 2.24) is 79.8 Å². The Bertz CT molecular complexity index is 3020. The summed E-state index contributed by atoms with van der Waals surface area (Å²) in [6, 6.07) is -10.9. The summed E-state index contributed by atoms with van der Waals surface area (Å²) < 4.78 is 0. The predicted molar refractivity (Wildman–Crippen MR) is 356 cm³/mol. The van der Waals surface area contributed by atoms with Crippen molar-refractivity contribution in [1.29, 1.82) is 5.41 Å². The molecule has 0 fully saturated rings. The van der Waals surface area contributed by atoms with Gasteiger partial charge in [0, 0.05) is 13.0 Å². The van der Waals surface area contributed by atoms with Gasteiger partial charge in [-0.1, -0.05) is 46.2 Å². The van der Waals surface area contributed by atoms with Gasteiger partial charge in [-0.15, -0.1) is 0 Å². The summed E-state index contributed by atoms with van der Waals surface area (Å²) >= 11 is 1.25. The summed E-state index contributed by atoms with van der Waals surface area (Å²) in [6.45, 7) is 5.10. The van der Waals surface area contributed by atoms with Gasteiger partial charge >= 0.3 is 5.97 Å². The van der Waals surface area contributed by atoms with E-state index < -0.39 is 231 Å². The number of hydrogen-bond donors (Lipinski definition) is 24. The first-order valence-corrected chi connectivity index (χ1v) is 32.9. The third-order valence-electron chi connectivity index (χ3n) is 14.6. The summed E-state index contributed by atoms with van der Waals surface area (Å²) in [4.78, 5) is 209. The van der Waals surface area contributed by atoms with Gasteiger partial charge in [0.15, 0.2) is 5.96 Å². The number of thioether (sulfide) groups is 1. The highest BCUT2D eigenvalue weighted by Crippen LogP contribution is 2.14. The fraction of sp³-hybridized carbons (Fsp3) is 0.610. The molecule has 0 radical (unpaired) electrons. The van der Waals surface area contributed by atoms with E-state index in [0.717, 1.165) is 6.92 Å².